The van der Waals surface area contributed by atoms with E-state index >= 15 is 0 Å². The van der Waals surface area contributed by atoms with E-state index in [2.05, 4.69) is 0 Å². The Kier molecular flexibility index (Phi) is 35.4. The van der Waals surface area contributed by atoms with E-state index < -0.39 is 347 Å². The summed E-state index contributed by atoms with van der Waals surface area (Å²) in [7, 11) is -27.6. The quantitative estimate of drug-likeness (QED) is 0.00772. The number of rotatable bonds is 28. The summed E-state index contributed by atoms with van der Waals surface area (Å²) in [5, 5.41) is 224. The summed E-state index contributed by atoms with van der Waals surface area (Å²) in [5.74, 6) is -37.4. The van der Waals surface area contributed by atoms with Gasteiger partial charge in [-0.15, -0.1) is 28.6 Å². The molecule has 0 saturated carbocycles. The van der Waals surface area contributed by atoms with Crippen LogP contribution in [-0.4, -0.2) is 240 Å². The molecular weight excluding hydrogens is 2240 g/mol. The summed E-state index contributed by atoms with van der Waals surface area (Å²) in [6.45, 7) is -1.66. The molecule has 1 unspecified atom stereocenters. The van der Waals surface area contributed by atoms with Gasteiger partial charge < -0.3 is 146 Å². The van der Waals surface area contributed by atoms with Gasteiger partial charge in [0.1, 0.15) is 12.7 Å². The van der Waals surface area contributed by atoms with Gasteiger partial charge in [-0.05, 0) is 139 Å². The number of halogens is 8. The zero-order chi connectivity index (χ0) is 112. The van der Waals surface area contributed by atoms with Gasteiger partial charge in [0.05, 0.1) is 83.8 Å². The number of sulfonamides is 6. The van der Waals surface area contributed by atoms with E-state index in [1.165, 1.54) is 9.66 Å². The highest BCUT2D eigenvalue weighted by Gasteiger charge is 2.55. The summed E-state index contributed by atoms with van der Waals surface area (Å²) >= 11 is 22.6. The number of benzene rings is 12. The molecule has 150 heavy (non-hydrogen) atoms. The molecule has 1 saturated heterocycles. The maximum absolute atomic E-state index is 13.9. The third kappa shape index (κ3) is 27.2. The van der Waals surface area contributed by atoms with Crippen molar-refractivity contribution in [3.05, 3.63) is 253 Å². The highest BCUT2D eigenvalue weighted by Crippen LogP contribution is 2.45. The van der Waals surface area contributed by atoms with Gasteiger partial charge in [0.15, 0.2) is 168 Å². The number of aromatic hydroxyl groups is 23. The van der Waals surface area contributed by atoms with E-state index in [9.17, 15) is 199 Å². The molecule has 1 aliphatic rings. The summed E-state index contributed by atoms with van der Waals surface area (Å²) in [6.07, 6.45) is -12.2. The Labute approximate surface area is 855 Å². The molecule has 0 spiro atoms. The first-order valence-electron chi connectivity index (χ1n) is 39.5. The number of nitrogens with zero attached hydrogens (tertiary/aromatic N) is 1. The molecule has 0 radical (unpaired) electrons. The molecule has 66 heteroatoms. The number of ether oxygens (including phenoxy) is 6. The molecule has 0 aliphatic carbocycles. The van der Waals surface area contributed by atoms with Crippen molar-refractivity contribution in [3.63, 3.8) is 0 Å². The van der Waals surface area contributed by atoms with E-state index in [1.54, 1.807) is 40.0 Å². The summed E-state index contributed by atoms with van der Waals surface area (Å²) in [4.78, 5) is 72.0. The van der Waals surface area contributed by atoms with Crippen molar-refractivity contribution in [2.45, 2.75) is 66.6 Å². The first-order valence-corrected chi connectivity index (χ1v) is 49.9. The van der Waals surface area contributed by atoms with E-state index in [4.69, 9.17) is 85.0 Å². The van der Waals surface area contributed by atoms with E-state index in [-0.39, 0.29) is 44.4 Å². The molecule has 1 heterocycles. The van der Waals surface area contributed by atoms with Gasteiger partial charge in [0.2, 0.25) is 12.4 Å². The van der Waals surface area contributed by atoms with Crippen molar-refractivity contribution >= 4 is 136 Å². The number of phenolic OH excluding ortho intramolecular Hbond substituents is 23. The fraction of sp³-hybridized carbons (Fsp3) is 0.0833. The maximum atomic E-state index is 13.9. The number of carbonyl (C=O) groups is 5. The number of nitrogens with one attached hydrogen (secondary N) is 5. The minimum atomic E-state index is -4.86. The lowest BCUT2D eigenvalue weighted by Crippen LogP contribution is -2.63. The van der Waals surface area contributed by atoms with Crippen molar-refractivity contribution < 1.29 is 238 Å². The molecule has 13 rings (SSSR count). The van der Waals surface area contributed by atoms with Crippen LogP contribution in [-0.2, 0) is 95.1 Å². The van der Waals surface area contributed by atoms with Gasteiger partial charge in [0.25, 0.3) is 60.1 Å². The SMILES string of the molecule is O=C(OC[C@H]1OC(OC(=O)c2cc(O)c(O)c(O)c2)[C@H](OC(=O)c2cc(O)c(O)c(O)c2)[C@@H](OC(=O)c2cc(O)c(O)c(O)c2)[C@H]1OC(=O)c1cc(O)c(O)c(O)c1)c1cc(O)c(O)c(O)c1.O=S(=O)(NN(Cc1ccccc1)S(=O)(=O)c1ccc(O)c(O)c1)c1ccc(O)c(O)c1.O=S(=O)(NNS(=O)(=O)c1cc(Cl)c(O)c(Cl)c1)c1cc(Cl)c(O)c(Cl)c1.O=S(=O)(NNS(=O)(=O)c1cc(F)c(O)c(F)c1)c1cc(F)c(O)c(F)c1. The van der Waals surface area contributed by atoms with Crippen LogP contribution in [0.2, 0.25) is 20.1 Å². The van der Waals surface area contributed by atoms with Crippen molar-refractivity contribution in [2.24, 2.45) is 0 Å². The standard InChI is InChI=1S/C41H32O26.C19H18N2O8S2.C12H8Cl4N2O6S2.C12H8F4N2O6S2/c42-17-1-12(2-18(43)28(17)52)36(57)62-11-27-33(64-37(58)13-3-19(44)29(53)20(45)4-13)34(65-38(59)14-5-21(46)30(54)22(47)6-14)35(66-39(60)15-7-23(48)31(55)24(49)8-15)41(63-27)67-40(61)16-9-25(50)32(56)26(51)10-16;22-16-8-6-14(10-18(16)24)30(26,27)20-21(12-13-4-2-1-3-5-13)31(28,29)15-7-9-17(23)19(25)11-15;2*13-7-1-5(2-8(14)11(7)19)25(21,22)17-18-26(23,24)6-3-9(15)12(20)10(16)4-6/h1-10,27,33-35,41-56H,11H2;1-11,20,22-25H,12H2;2*1-4,17-20H/t27-,33+,34+,35-,41?;;;/m1.../s1. The topological polar surface area (TPSA) is 874 Å². The molecule has 0 amide bonds. The number of hydrogen-bond donors (Lipinski definition) is 28. The predicted molar refractivity (Wildman–Crippen MR) is 492 cm³/mol. The number of hydrazine groups is 3. The Morgan fingerprint density at radius 1 is 0.287 bits per heavy atom. The van der Waals surface area contributed by atoms with Crippen molar-refractivity contribution in [1.82, 2.24) is 28.6 Å². The number of hydrogen-bond acceptors (Lipinski definition) is 46. The molecule has 1 aliphatic heterocycles. The van der Waals surface area contributed by atoms with Crippen LogP contribution < -0.4 is 24.2 Å². The second-order valence-corrected chi connectivity index (χ2v) is 41.6. The molecule has 5 atom stereocenters. The van der Waals surface area contributed by atoms with Gasteiger partial charge in [-0.25, -0.2) is 92.0 Å². The maximum Gasteiger partial charge on any atom is 0.340 e. The highest BCUT2D eigenvalue weighted by atomic mass is 35.5. The van der Waals surface area contributed by atoms with Crippen LogP contribution in [0.5, 0.6) is 132 Å². The smallest absolute Gasteiger partial charge is 0.340 e. The third-order valence-corrected chi connectivity index (χ3v) is 28.9. The molecule has 800 valence electrons. The summed E-state index contributed by atoms with van der Waals surface area (Å²) < 4.78 is 235. The third-order valence-electron chi connectivity index (χ3n) is 19.5. The zero-order valence-corrected chi connectivity index (χ0v) is 81.1. The van der Waals surface area contributed by atoms with Crippen molar-refractivity contribution in [1.29, 1.82) is 0 Å². The molecule has 0 aromatic heterocycles. The number of esters is 5. The Morgan fingerprint density at radius 3 is 0.873 bits per heavy atom. The number of phenols is 23. The lowest BCUT2D eigenvalue weighted by molar-refractivity contribution is -0.282. The monoisotopic (exact) mass is 2300 g/mol. The minimum absolute atomic E-state index is 0.203. The molecular formula is C84H66Cl4F4N6O46S6. The van der Waals surface area contributed by atoms with E-state index in [1.807, 2.05) is 4.83 Å². The van der Waals surface area contributed by atoms with Crippen LogP contribution in [0.4, 0.5) is 17.6 Å². The molecule has 28 N–H and O–H groups in total. The largest absolute Gasteiger partial charge is 0.505 e. The molecule has 12 aromatic carbocycles. The fourth-order valence-electron chi connectivity index (χ4n) is 11.9. The van der Waals surface area contributed by atoms with Crippen molar-refractivity contribution in [2.75, 3.05) is 6.61 Å². The lowest BCUT2D eigenvalue weighted by Gasteiger charge is -2.43. The zero-order valence-electron chi connectivity index (χ0n) is 73.1. The molecule has 0 bridgehead atoms. The molecule has 52 nitrogen and oxygen atoms in total. The van der Waals surface area contributed by atoms with Crippen LogP contribution in [0, 0.1) is 23.3 Å². The number of carbonyl (C=O) groups excluding carboxylic acids is 5. The summed E-state index contributed by atoms with van der Waals surface area (Å²) in [5.41, 5.74) is -3.43. The van der Waals surface area contributed by atoms with Gasteiger partial charge in [0, 0.05) is 12.1 Å². The van der Waals surface area contributed by atoms with Gasteiger partial charge in [-0.2, -0.15) is 0 Å². The molecule has 1 fully saturated rings. The minimum Gasteiger partial charge on any atom is -0.505 e. The van der Waals surface area contributed by atoms with Gasteiger partial charge >= 0.3 is 29.8 Å². The molecule has 12 aromatic rings. The fourth-order valence-corrected chi connectivity index (χ4v) is 20.2. The second kappa shape index (κ2) is 46.0. The average Bonchev–Trinajstić information content (AvgIpc) is 0.764. The van der Waals surface area contributed by atoms with Crippen LogP contribution in [0.15, 0.2) is 205 Å². The first-order chi connectivity index (χ1) is 69.6. The van der Waals surface area contributed by atoms with Crippen LogP contribution >= 0.6 is 46.4 Å². The lowest BCUT2D eigenvalue weighted by atomic mass is 9.97. The predicted octanol–water partition coefficient (Wildman–Crippen LogP) is 6.99. The Balaban J connectivity index is 0.000000228. The van der Waals surface area contributed by atoms with Gasteiger partial charge in [-0.3, -0.25) is 0 Å². The van der Waals surface area contributed by atoms with E-state index in [0.717, 1.165) is 60.7 Å². The first kappa shape index (κ1) is 116. The highest BCUT2D eigenvalue weighted by molar-refractivity contribution is 7.93. The Morgan fingerprint density at radius 2 is 0.560 bits per heavy atom. The van der Waals surface area contributed by atoms with E-state index in [0.29, 0.717) is 70.6 Å². The average molecular weight is 2310 g/mol. The Bertz CT molecular complexity index is 7590. The van der Waals surface area contributed by atoms with Crippen molar-refractivity contribution in [3.8, 4) is 132 Å². The van der Waals surface area contributed by atoms with Crippen LogP contribution in [0.3, 0.4) is 0 Å². The summed E-state index contributed by atoms with van der Waals surface area (Å²) in [6, 6.07) is 23.4. The normalized spacial score (nSPS) is 14.7. The van der Waals surface area contributed by atoms with Gasteiger partial charge in [-0.1, -0.05) is 76.7 Å². The Hall–Kier alpha value is -16.3. The van der Waals surface area contributed by atoms with Crippen LogP contribution in [0.25, 0.3) is 0 Å². The second-order valence-electron chi connectivity index (χ2n) is 29.7. The van der Waals surface area contributed by atoms with Crippen LogP contribution in [0.1, 0.15) is 57.4 Å².